The zero-order chi connectivity index (χ0) is 22.7. The van der Waals surface area contributed by atoms with Gasteiger partial charge in [0, 0.05) is 17.7 Å². The van der Waals surface area contributed by atoms with Gasteiger partial charge < -0.3 is 9.47 Å². The molecule has 0 saturated heterocycles. The van der Waals surface area contributed by atoms with Gasteiger partial charge in [0.15, 0.2) is 5.69 Å². The van der Waals surface area contributed by atoms with E-state index in [0.717, 1.165) is 16.9 Å². The average molecular weight is 451 g/mol. The van der Waals surface area contributed by atoms with Crippen LogP contribution in [0.2, 0.25) is 0 Å². The number of para-hydroxylation sites is 2. The Labute approximate surface area is 192 Å². The van der Waals surface area contributed by atoms with Crippen LogP contribution in [0.15, 0.2) is 53.7 Å². The first-order valence-corrected chi connectivity index (χ1v) is 11.6. The maximum Gasteiger partial charge on any atom is 0.247 e. The molecule has 0 spiro atoms. The molecule has 1 aromatic heterocycles. The van der Waals surface area contributed by atoms with Crippen molar-refractivity contribution in [3.05, 3.63) is 54.1 Å². The van der Waals surface area contributed by atoms with Crippen molar-refractivity contribution in [2.24, 2.45) is 5.92 Å². The van der Waals surface area contributed by atoms with E-state index < -0.39 is 6.23 Å². The summed E-state index contributed by atoms with van der Waals surface area (Å²) in [6, 6.07) is 15.1. The van der Waals surface area contributed by atoms with Crippen LogP contribution in [0.25, 0.3) is 11.3 Å². The first-order chi connectivity index (χ1) is 15.5. The Morgan fingerprint density at radius 1 is 1.16 bits per heavy atom. The summed E-state index contributed by atoms with van der Waals surface area (Å²) >= 11 is 1.54. The minimum atomic E-state index is -0.763. The van der Waals surface area contributed by atoms with Gasteiger partial charge in [-0.25, -0.2) is 0 Å². The van der Waals surface area contributed by atoms with Crippen LogP contribution in [-0.2, 0) is 4.79 Å². The molecule has 2 aromatic carbocycles. The smallest absolute Gasteiger partial charge is 0.247 e. The molecule has 1 amide bonds. The molecule has 8 heteroatoms. The maximum absolute atomic E-state index is 13.2. The number of fused-ring (bicyclic) bond motifs is 3. The van der Waals surface area contributed by atoms with Gasteiger partial charge in [0.1, 0.15) is 5.75 Å². The number of carbonyl (C=O) groups is 1. The van der Waals surface area contributed by atoms with Crippen molar-refractivity contribution in [2.45, 2.75) is 38.6 Å². The normalized spacial score (nSPS) is 14.9. The lowest BCUT2D eigenvalue weighted by Gasteiger charge is -2.31. The van der Waals surface area contributed by atoms with E-state index in [1.54, 1.807) is 12.0 Å². The average Bonchev–Trinajstić information content (AvgIpc) is 2.96. The topological polar surface area (TPSA) is 77.4 Å². The molecule has 0 fully saturated rings. The number of aromatic nitrogens is 3. The lowest BCUT2D eigenvalue weighted by Crippen LogP contribution is -2.37. The highest BCUT2D eigenvalue weighted by Crippen LogP contribution is 2.45. The van der Waals surface area contributed by atoms with E-state index in [0.29, 0.717) is 40.5 Å². The predicted molar refractivity (Wildman–Crippen MR) is 125 cm³/mol. The zero-order valence-electron chi connectivity index (χ0n) is 18.6. The first kappa shape index (κ1) is 22.1. The second-order valence-electron chi connectivity index (χ2n) is 7.80. The third-order valence-electron chi connectivity index (χ3n) is 5.03. The summed E-state index contributed by atoms with van der Waals surface area (Å²) in [6.07, 6.45) is -0.450. The van der Waals surface area contributed by atoms with Crippen LogP contribution in [0.3, 0.4) is 0 Å². The summed E-state index contributed by atoms with van der Waals surface area (Å²) in [6.45, 7) is 6.12. The predicted octanol–water partition coefficient (Wildman–Crippen LogP) is 5.13. The van der Waals surface area contributed by atoms with Gasteiger partial charge in [-0.05, 0) is 24.1 Å². The second kappa shape index (κ2) is 9.56. The monoisotopic (exact) mass is 450 g/mol. The molecular weight excluding hydrogens is 424 g/mol. The standard InChI is InChI=1S/C24H26N4O3S/c1-5-20(29)28-18-12-8-6-10-16(18)21-22(25-24(27-26-21)32-14-15(2)3)31-23(28)17-11-7-9-13-19(17)30-4/h6-13,15,23H,5,14H2,1-4H3/t23-/m1/s1. The van der Waals surface area contributed by atoms with Gasteiger partial charge in [0.2, 0.25) is 23.2 Å². The van der Waals surface area contributed by atoms with Gasteiger partial charge in [0.05, 0.1) is 18.4 Å². The molecule has 166 valence electrons. The summed E-state index contributed by atoms with van der Waals surface area (Å²) < 4.78 is 12.0. The lowest BCUT2D eigenvalue weighted by atomic mass is 10.1. The molecule has 0 N–H and O–H groups in total. The first-order valence-electron chi connectivity index (χ1n) is 10.6. The largest absolute Gasteiger partial charge is 0.496 e. The van der Waals surface area contributed by atoms with Crippen LogP contribution in [0.4, 0.5) is 5.69 Å². The van der Waals surface area contributed by atoms with E-state index in [2.05, 4.69) is 29.0 Å². The zero-order valence-corrected chi connectivity index (χ0v) is 19.4. The van der Waals surface area contributed by atoms with Crippen LogP contribution in [0.5, 0.6) is 11.6 Å². The minimum absolute atomic E-state index is 0.0801. The number of anilines is 1. The Morgan fingerprint density at radius 3 is 2.66 bits per heavy atom. The minimum Gasteiger partial charge on any atom is -0.496 e. The molecule has 1 aliphatic heterocycles. The summed E-state index contributed by atoms with van der Waals surface area (Å²) in [5.74, 6) is 2.25. The van der Waals surface area contributed by atoms with Gasteiger partial charge in [-0.2, -0.15) is 4.98 Å². The Morgan fingerprint density at radius 2 is 1.91 bits per heavy atom. The molecule has 0 unspecified atom stereocenters. The Hall–Kier alpha value is -3.13. The van der Waals surface area contributed by atoms with Gasteiger partial charge >= 0.3 is 0 Å². The van der Waals surface area contributed by atoms with E-state index in [9.17, 15) is 4.79 Å². The fraction of sp³-hybridized carbons (Fsp3) is 0.333. The number of carbonyl (C=O) groups excluding carboxylic acids is 1. The van der Waals surface area contributed by atoms with E-state index in [4.69, 9.17) is 9.47 Å². The van der Waals surface area contributed by atoms with Crippen molar-refractivity contribution >= 4 is 23.4 Å². The summed E-state index contributed by atoms with van der Waals surface area (Å²) in [5, 5.41) is 9.33. The fourth-order valence-corrected chi connectivity index (χ4v) is 4.26. The third kappa shape index (κ3) is 4.27. The second-order valence-corrected chi connectivity index (χ2v) is 8.79. The van der Waals surface area contributed by atoms with Crippen molar-refractivity contribution in [1.29, 1.82) is 0 Å². The van der Waals surface area contributed by atoms with Crippen molar-refractivity contribution in [3.63, 3.8) is 0 Å². The number of nitrogens with zero attached hydrogens (tertiary/aromatic N) is 4. The van der Waals surface area contributed by atoms with Crippen LogP contribution >= 0.6 is 11.8 Å². The third-order valence-corrected chi connectivity index (χ3v) is 6.30. The maximum atomic E-state index is 13.2. The molecule has 32 heavy (non-hydrogen) atoms. The van der Waals surface area contributed by atoms with Gasteiger partial charge in [-0.15, -0.1) is 10.2 Å². The van der Waals surface area contributed by atoms with Gasteiger partial charge in [-0.1, -0.05) is 62.9 Å². The van der Waals surface area contributed by atoms with Crippen molar-refractivity contribution in [1.82, 2.24) is 15.2 Å². The van der Waals surface area contributed by atoms with Crippen molar-refractivity contribution in [3.8, 4) is 22.9 Å². The molecule has 0 saturated carbocycles. The summed E-state index contributed by atoms with van der Waals surface area (Å²) in [5.41, 5.74) is 2.70. The van der Waals surface area contributed by atoms with Gasteiger partial charge in [-0.3, -0.25) is 9.69 Å². The molecule has 3 aromatic rings. The number of methoxy groups -OCH3 is 1. The molecule has 0 radical (unpaired) electrons. The van der Waals surface area contributed by atoms with Crippen LogP contribution in [0, 0.1) is 5.92 Å². The molecule has 1 atom stereocenters. The molecular formula is C24H26N4O3S. The van der Waals surface area contributed by atoms with Crippen LogP contribution < -0.4 is 14.4 Å². The number of hydrogen-bond acceptors (Lipinski definition) is 7. The van der Waals surface area contributed by atoms with Crippen LogP contribution in [-0.4, -0.2) is 34.0 Å². The Bertz CT molecular complexity index is 1120. The van der Waals surface area contributed by atoms with E-state index in [1.807, 2.05) is 55.5 Å². The highest BCUT2D eigenvalue weighted by molar-refractivity contribution is 7.99. The molecule has 2 heterocycles. The van der Waals surface area contributed by atoms with E-state index in [-0.39, 0.29) is 5.91 Å². The quantitative estimate of drug-likeness (QED) is 0.482. The SMILES string of the molecule is CCC(=O)N1c2ccccc2-c2nnc(SCC(C)C)nc2O[C@@H]1c1ccccc1OC. The number of thioether (sulfide) groups is 1. The van der Waals surface area contributed by atoms with E-state index in [1.165, 1.54) is 11.8 Å². The molecule has 0 aliphatic carbocycles. The van der Waals surface area contributed by atoms with E-state index >= 15 is 0 Å². The van der Waals surface area contributed by atoms with Crippen molar-refractivity contribution in [2.75, 3.05) is 17.8 Å². The summed E-state index contributed by atoms with van der Waals surface area (Å²) in [7, 11) is 1.60. The molecule has 1 aliphatic rings. The molecule has 4 rings (SSSR count). The van der Waals surface area contributed by atoms with Crippen molar-refractivity contribution < 1.29 is 14.3 Å². The number of ether oxygens (including phenoxy) is 2. The number of rotatable bonds is 6. The number of hydrogen-bond donors (Lipinski definition) is 0. The highest BCUT2D eigenvalue weighted by atomic mass is 32.2. The van der Waals surface area contributed by atoms with Crippen LogP contribution in [0.1, 0.15) is 39.0 Å². The Kier molecular flexibility index (Phi) is 6.60. The number of amides is 1. The fourth-order valence-electron chi connectivity index (χ4n) is 3.53. The molecule has 0 bridgehead atoms. The Balaban J connectivity index is 1.91. The highest BCUT2D eigenvalue weighted by Gasteiger charge is 2.36. The molecule has 7 nitrogen and oxygen atoms in total. The number of benzene rings is 2. The lowest BCUT2D eigenvalue weighted by molar-refractivity contribution is -0.120. The summed E-state index contributed by atoms with van der Waals surface area (Å²) in [4.78, 5) is 19.6. The van der Waals surface area contributed by atoms with Gasteiger partial charge in [0.25, 0.3) is 0 Å².